The Morgan fingerprint density at radius 2 is 1.67 bits per heavy atom. The van der Waals surface area contributed by atoms with Crippen LogP contribution in [0.3, 0.4) is 0 Å². The van der Waals surface area contributed by atoms with E-state index in [0.29, 0.717) is 5.41 Å². The first-order valence-electron chi connectivity index (χ1n) is 5.57. The summed E-state index contributed by atoms with van der Waals surface area (Å²) < 4.78 is 0. The Labute approximate surface area is 75.7 Å². The fraction of sp³-hybridized carbons (Fsp3) is 1.00. The van der Waals surface area contributed by atoms with Crippen molar-refractivity contribution in [3.8, 4) is 0 Å². The van der Waals surface area contributed by atoms with Crippen LogP contribution in [0.15, 0.2) is 0 Å². The van der Waals surface area contributed by atoms with Crippen LogP contribution in [0.1, 0.15) is 51.4 Å². The lowest BCUT2D eigenvalue weighted by molar-refractivity contribution is 0.132. The molecule has 12 heavy (non-hydrogen) atoms. The molecule has 0 aromatic carbocycles. The van der Waals surface area contributed by atoms with Gasteiger partial charge in [0.05, 0.1) is 0 Å². The Kier molecular flexibility index (Phi) is 2.40. The van der Waals surface area contributed by atoms with Gasteiger partial charge in [-0.25, -0.2) is 0 Å². The first-order valence-corrected chi connectivity index (χ1v) is 5.57. The van der Waals surface area contributed by atoms with Gasteiger partial charge in [0.1, 0.15) is 0 Å². The summed E-state index contributed by atoms with van der Waals surface area (Å²) in [4.78, 5) is 0. The molecule has 0 saturated heterocycles. The molecule has 0 amide bonds. The van der Waals surface area contributed by atoms with Crippen molar-refractivity contribution in [3.05, 3.63) is 0 Å². The molecule has 1 unspecified atom stereocenters. The van der Waals surface area contributed by atoms with E-state index < -0.39 is 0 Å². The number of rotatable bonds is 1. The van der Waals surface area contributed by atoms with Gasteiger partial charge in [-0.3, -0.25) is 0 Å². The minimum absolute atomic E-state index is 0.715. The average molecular weight is 167 g/mol. The second-order valence-electron chi connectivity index (χ2n) is 4.75. The van der Waals surface area contributed by atoms with E-state index >= 15 is 0 Å². The van der Waals surface area contributed by atoms with E-state index in [1.165, 1.54) is 51.4 Å². The third-order valence-electron chi connectivity index (χ3n) is 4.23. The summed E-state index contributed by atoms with van der Waals surface area (Å²) in [5.74, 6) is 0.873. The summed E-state index contributed by atoms with van der Waals surface area (Å²) in [6, 6.07) is 0. The van der Waals surface area contributed by atoms with Crippen LogP contribution in [-0.4, -0.2) is 6.54 Å². The summed E-state index contributed by atoms with van der Waals surface area (Å²) in [5, 5.41) is 0. The maximum atomic E-state index is 5.84. The summed E-state index contributed by atoms with van der Waals surface area (Å²) >= 11 is 0. The standard InChI is InChI=1S/C11H21N/c12-9-10-5-4-8-11(10)6-2-1-3-7-11/h10H,1-9,12H2. The first-order chi connectivity index (χ1) is 5.87. The smallest absolute Gasteiger partial charge is 0.00436 e. The minimum atomic E-state index is 0.715. The van der Waals surface area contributed by atoms with Crippen LogP contribution in [-0.2, 0) is 0 Å². The molecule has 70 valence electrons. The van der Waals surface area contributed by atoms with Gasteiger partial charge in [-0.1, -0.05) is 25.7 Å². The van der Waals surface area contributed by atoms with Crippen LogP contribution < -0.4 is 5.73 Å². The molecule has 2 saturated carbocycles. The lowest BCUT2D eigenvalue weighted by Crippen LogP contribution is -2.32. The van der Waals surface area contributed by atoms with Gasteiger partial charge in [-0.05, 0) is 43.6 Å². The molecular formula is C11H21N. The van der Waals surface area contributed by atoms with Gasteiger partial charge in [-0.2, -0.15) is 0 Å². The fourth-order valence-electron chi connectivity index (χ4n) is 3.49. The lowest BCUT2D eigenvalue weighted by Gasteiger charge is -2.38. The van der Waals surface area contributed by atoms with Gasteiger partial charge in [0, 0.05) is 0 Å². The zero-order chi connectivity index (χ0) is 8.44. The number of hydrogen-bond donors (Lipinski definition) is 1. The normalized spacial score (nSPS) is 34.2. The van der Waals surface area contributed by atoms with Crippen LogP contribution in [0.4, 0.5) is 0 Å². The molecule has 1 heteroatoms. The second-order valence-corrected chi connectivity index (χ2v) is 4.75. The van der Waals surface area contributed by atoms with Crippen molar-refractivity contribution in [3.63, 3.8) is 0 Å². The quantitative estimate of drug-likeness (QED) is 0.638. The van der Waals surface area contributed by atoms with E-state index in [-0.39, 0.29) is 0 Å². The second kappa shape index (κ2) is 3.37. The summed E-state index contributed by atoms with van der Waals surface area (Å²) in [7, 11) is 0. The molecule has 1 atom stereocenters. The van der Waals surface area contributed by atoms with E-state index in [1.54, 1.807) is 0 Å². The summed E-state index contributed by atoms with van der Waals surface area (Å²) in [5.41, 5.74) is 6.55. The summed E-state index contributed by atoms with van der Waals surface area (Å²) in [6.45, 7) is 0.944. The molecule has 1 spiro atoms. The molecule has 2 rings (SSSR count). The molecule has 2 fully saturated rings. The SMILES string of the molecule is NCC1CCCC12CCCCC2. The fourth-order valence-corrected chi connectivity index (χ4v) is 3.49. The Morgan fingerprint density at radius 3 is 2.33 bits per heavy atom. The van der Waals surface area contributed by atoms with E-state index in [9.17, 15) is 0 Å². The Bertz CT molecular complexity index is 147. The molecule has 0 aromatic heterocycles. The molecule has 0 heterocycles. The van der Waals surface area contributed by atoms with Crippen molar-refractivity contribution in [2.45, 2.75) is 51.4 Å². The highest BCUT2D eigenvalue weighted by atomic mass is 14.6. The van der Waals surface area contributed by atoms with E-state index in [4.69, 9.17) is 5.73 Å². The van der Waals surface area contributed by atoms with Crippen LogP contribution in [0, 0.1) is 11.3 Å². The van der Waals surface area contributed by atoms with Crippen LogP contribution >= 0.6 is 0 Å². The number of hydrogen-bond acceptors (Lipinski definition) is 1. The largest absolute Gasteiger partial charge is 0.330 e. The highest BCUT2D eigenvalue weighted by Gasteiger charge is 2.41. The van der Waals surface area contributed by atoms with E-state index in [2.05, 4.69) is 0 Å². The highest BCUT2D eigenvalue weighted by Crippen LogP contribution is 2.52. The van der Waals surface area contributed by atoms with Gasteiger partial charge < -0.3 is 5.73 Å². The zero-order valence-electron chi connectivity index (χ0n) is 8.02. The predicted octanol–water partition coefficient (Wildman–Crippen LogP) is 2.70. The van der Waals surface area contributed by atoms with E-state index in [1.807, 2.05) is 0 Å². The molecule has 0 aromatic rings. The third-order valence-corrected chi connectivity index (χ3v) is 4.23. The maximum Gasteiger partial charge on any atom is -0.00436 e. The first kappa shape index (κ1) is 8.55. The predicted molar refractivity (Wildman–Crippen MR) is 51.9 cm³/mol. The van der Waals surface area contributed by atoms with Crippen molar-refractivity contribution in [2.24, 2.45) is 17.1 Å². The Balaban J connectivity index is 2.05. The van der Waals surface area contributed by atoms with Crippen molar-refractivity contribution in [1.29, 1.82) is 0 Å². The van der Waals surface area contributed by atoms with E-state index in [0.717, 1.165) is 12.5 Å². The van der Waals surface area contributed by atoms with Gasteiger partial charge in [0.15, 0.2) is 0 Å². The zero-order valence-corrected chi connectivity index (χ0v) is 8.02. The molecule has 0 bridgehead atoms. The topological polar surface area (TPSA) is 26.0 Å². The minimum Gasteiger partial charge on any atom is -0.330 e. The Hall–Kier alpha value is -0.0400. The van der Waals surface area contributed by atoms with Crippen LogP contribution in [0.5, 0.6) is 0 Å². The van der Waals surface area contributed by atoms with Gasteiger partial charge in [0.25, 0.3) is 0 Å². The van der Waals surface area contributed by atoms with Crippen LogP contribution in [0.25, 0.3) is 0 Å². The molecule has 0 radical (unpaired) electrons. The van der Waals surface area contributed by atoms with Crippen molar-refractivity contribution >= 4 is 0 Å². The molecule has 2 aliphatic carbocycles. The molecule has 2 N–H and O–H groups in total. The van der Waals surface area contributed by atoms with Gasteiger partial charge in [-0.15, -0.1) is 0 Å². The van der Waals surface area contributed by atoms with Gasteiger partial charge in [0.2, 0.25) is 0 Å². The highest BCUT2D eigenvalue weighted by molar-refractivity contribution is 4.93. The van der Waals surface area contributed by atoms with Crippen molar-refractivity contribution in [1.82, 2.24) is 0 Å². The number of nitrogens with two attached hydrogens (primary N) is 1. The molecule has 1 nitrogen and oxygen atoms in total. The summed E-state index contributed by atoms with van der Waals surface area (Å²) in [6.07, 6.45) is 11.7. The monoisotopic (exact) mass is 167 g/mol. The maximum absolute atomic E-state index is 5.84. The average Bonchev–Trinajstić information content (AvgIpc) is 2.49. The van der Waals surface area contributed by atoms with Gasteiger partial charge >= 0.3 is 0 Å². The third kappa shape index (κ3) is 1.28. The van der Waals surface area contributed by atoms with Crippen molar-refractivity contribution in [2.75, 3.05) is 6.54 Å². The Morgan fingerprint density at radius 1 is 1.00 bits per heavy atom. The molecule has 0 aliphatic heterocycles. The molecule has 2 aliphatic rings. The lowest BCUT2D eigenvalue weighted by atomic mass is 9.67. The van der Waals surface area contributed by atoms with Crippen molar-refractivity contribution < 1.29 is 0 Å². The molecular weight excluding hydrogens is 146 g/mol. The van der Waals surface area contributed by atoms with Crippen LogP contribution in [0.2, 0.25) is 0 Å².